The zero-order chi connectivity index (χ0) is 21.5. The monoisotopic (exact) mass is 421 g/mol. The number of aryl methyl sites for hydroxylation is 2. The quantitative estimate of drug-likeness (QED) is 0.638. The molecule has 0 fully saturated rings. The van der Waals surface area contributed by atoms with Gasteiger partial charge in [0.15, 0.2) is 0 Å². The molecule has 0 atom stereocenters. The van der Waals surface area contributed by atoms with Crippen LogP contribution in [0.25, 0.3) is 0 Å². The highest BCUT2D eigenvalue weighted by Gasteiger charge is 2.36. The van der Waals surface area contributed by atoms with Crippen molar-refractivity contribution in [2.24, 2.45) is 0 Å². The average Bonchev–Trinajstić information content (AvgIpc) is 2.92. The fourth-order valence-corrected chi connectivity index (χ4v) is 4.50. The summed E-state index contributed by atoms with van der Waals surface area (Å²) in [5.74, 6) is -0.861. The molecule has 4 rings (SSSR count). The summed E-state index contributed by atoms with van der Waals surface area (Å²) in [4.78, 5) is 30.1. The van der Waals surface area contributed by atoms with E-state index in [1.807, 2.05) is 19.9 Å². The molecule has 0 spiro atoms. The summed E-state index contributed by atoms with van der Waals surface area (Å²) in [6, 6.07) is 14.7. The van der Waals surface area contributed by atoms with E-state index in [4.69, 9.17) is 0 Å². The van der Waals surface area contributed by atoms with Gasteiger partial charge in [-0.2, -0.15) is 0 Å². The molecule has 1 aliphatic rings. The number of nitrogens with zero attached hydrogens (tertiary/aromatic N) is 2. The van der Waals surface area contributed by atoms with Crippen LogP contribution in [0.2, 0.25) is 0 Å². The van der Waals surface area contributed by atoms with E-state index in [0.717, 1.165) is 16.0 Å². The van der Waals surface area contributed by atoms with Crippen molar-refractivity contribution in [3.63, 3.8) is 0 Å². The average molecular weight is 421 g/mol. The van der Waals surface area contributed by atoms with E-state index in [1.165, 1.54) is 18.3 Å². The van der Waals surface area contributed by atoms with Gasteiger partial charge < -0.3 is 0 Å². The van der Waals surface area contributed by atoms with Crippen molar-refractivity contribution < 1.29 is 18.0 Å². The molecule has 0 aliphatic carbocycles. The summed E-state index contributed by atoms with van der Waals surface area (Å²) in [5.41, 5.74) is 3.46. The summed E-state index contributed by atoms with van der Waals surface area (Å²) in [6.45, 7) is 3.83. The standard InChI is InChI=1S/C22H19N3O4S/c1-14-10-15(2)12-17(11-14)24-30(28,29)18-7-5-16(6-8-18)13-25-21(26)19-4-3-9-23-20(19)22(25)27/h3-12,24H,13H2,1-2H3. The lowest BCUT2D eigenvalue weighted by Gasteiger charge is -2.14. The van der Waals surface area contributed by atoms with E-state index in [0.29, 0.717) is 11.3 Å². The third-order valence-electron chi connectivity index (χ3n) is 4.78. The molecule has 0 saturated heterocycles. The minimum Gasteiger partial charge on any atom is -0.280 e. The van der Waals surface area contributed by atoms with Crippen LogP contribution in [0.3, 0.4) is 0 Å². The van der Waals surface area contributed by atoms with Crippen LogP contribution in [-0.2, 0) is 16.6 Å². The van der Waals surface area contributed by atoms with Gasteiger partial charge in [0, 0.05) is 11.9 Å². The van der Waals surface area contributed by atoms with Crippen LogP contribution < -0.4 is 4.72 Å². The predicted octanol–water partition coefficient (Wildman–Crippen LogP) is 3.30. The van der Waals surface area contributed by atoms with E-state index in [-0.39, 0.29) is 22.7 Å². The Labute approximate surface area is 174 Å². The fraction of sp³-hybridized carbons (Fsp3) is 0.136. The van der Waals surface area contributed by atoms with Crippen molar-refractivity contribution in [2.75, 3.05) is 4.72 Å². The Morgan fingerprint density at radius 1 is 0.933 bits per heavy atom. The van der Waals surface area contributed by atoms with Crippen LogP contribution in [0.1, 0.15) is 37.5 Å². The van der Waals surface area contributed by atoms with Crippen LogP contribution in [-0.4, -0.2) is 30.1 Å². The van der Waals surface area contributed by atoms with Crippen LogP contribution in [0.15, 0.2) is 65.7 Å². The van der Waals surface area contributed by atoms with Gasteiger partial charge in [-0.1, -0.05) is 18.2 Å². The number of carbonyl (C=O) groups is 2. The Bertz CT molecular complexity index is 1210. The summed E-state index contributed by atoms with van der Waals surface area (Å²) in [6.07, 6.45) is 1.47. The number of aromatic nitrogens is 1. The molecule has 0 unspecified atom stereocenters. The van der Waals surface area contributed by atoms with Gasteiger partial charge in [0.25, 0.3) is 21.8 Å². The maximum Gasteiger partial charge on any atom is 0.280 e. The summed E-state index contributed by atoms with van der Waals surface area (Å²) in [7, 11) is -3.76. The molecule has 0 bridgehead atoms. The lowest BCUT2D eigenvalue weighted by atomic mass is 10.1. The molecule has 1 aliphatic heterocycles. The Hall–Kier alpha value is -3.52. The van der Waals surface area contributed by atoms with E-state index < -0.39 is 21.8 Å². The molecule has 152 valence electrons. The van der Waals surface area contributed by atoms with Crippen molar-refractivity contribution in [1.29, 1.82) is 0 Å². The van der Waals surface area contributed by atoms with Crippen molar-refractivity contribution in [3.8, 4) is 0 Å². The number of carbonyl (C=O) groups excluding carboxylic acids is 2. The molecule has 7 nitrogen and oxygen atoms in total. The van der Waals surface area contributed by atoms with Gasteiger partial charge in [0.05, 0.1) is 17.0 Å². The fourth-order valence-electron chi connectivity index (χ4n) is 3.46. The van der Waals surface area contributed by atoms with Crippen molar-refractivity contribution in [1.82, 2.24) is 9.88 Å². The maximum atomic E-state index is 12.7. The molecule has 2 heterocycles. The molecule has 0 radical (unpaired) electrons. The molecule has 2 amide bonds. The second-order valence-corrected chi connectivity index (χ2v) is 8.90. The highest BCUT2D eigenvalue weighted by Crippen LogP contribution is 2.24. The van der Waals surface area contributed by atoms with E-state index >= 15 is 0 Å². The molecule has 8 heteroatoms. The number of hydrogen-bond acceptors (Lipinski definition) is 5. The predicted molar refractivity (Wildman–Crippen MR) is 112 cm³/mol. The topological polar surface area (TPSA) is 96.4 Å². The normalized spacial score (nSPS) is 13.5. The Morgan fingerprint density at radius 3 is 2.23 bits per heavy atom. The molecular weight excluding hydrogens is 402 g/mol. The molecule has 3 aromatic rings. The van der Waals surface area contributed by atoms with Gasteiger partial charge in [0.1, 0.15) is 5.69 Å². The smallest absolute Gasteiger partial charge is 0.280 e. The first-order valence-corrected chi connectivity index (χ1v) is 10.7. The van der Waals surface area contributed by atoms with Crippen LogP contribution >= 0.6 is 0 Å². The summed E-state index contributed by atoms with van der Waals surface area (Å²) < 4.78 is 28.0. The summed E-state index contributed by atoms with van der Waals surface area (Å²) in [5, 5.41) is 0. The number of benzene rings is 2. The maximum absolute atomic E-state index is 12.7. The van der Waals surface area contributed by atoms with Crippen LogP contribution in [0.5, 0.6) is 0 Å². The van der Waals surface area contributed by atoms with Gasteiger partial charge >= 0.3 is 0 Å². The number of nitrogens with one attached hydrogen (secondary N) is 1. The minimum absolute atomic E-state index is 0.0405. The lowest BCUT2D eigenvalue weighted by molar-refractivity contribution is 0.0640. The van der Waals surface area contributed by atoms with Gasteiger partial charge in [-0.05, 0) is 66.9 Å². The number of sulfonamides is 1. The third kappa shape index (κ3) is 3.69. The van der Waals surface area contributed by atoms with E-state index in [9.17, 15) is 18.0 Å². The molecular formula is C22H19N3O4S. The highest BCUT2D eigenvalue weighted by atomic mass is 32.2. The highest BCUT2D eigenvalue weighted by molar-refractivity contribution is 7.92. The SMILES string of the molecule is Cc1cc(C)cc(NS(=O)(=O)c2ccc(CN3C(=O)c4cccnc4C3=O)cc2)c1. The summed E-state index contributed by atoms with van der Waals surface area (Å²) >= 11 is 0. The number of pyridine rings is 1. The number of fused-ring (bicyclic) bond motifs is 1. The van der Waals surface area contributed by atoms with E-state index in [1.54, 1.807) is 36.4 Å². The molecule has 0 saturated carbocycles. The second-order valence-electron chi connectivity index (χ2n) is 7.22. The first kappa shape index (κ1) is 19.8. The Balaban J connectivity index is 1.52. The van der Waals surface area contributed by atoms with Gasteiger partial charge in [0.2, 0.25) is 0 Å². The largest absolute Gasteiger partial charge is 0.280 e. The van der Waals surface area contributed by atoms with E-state index in [2.05, 4.69) is 9.71 Å². The van der Waals surface area contributed by atoms with Gasteiger partial charge in [-0.25, -0.2) is 8.42 Å². The van der Waals surface area contributed by atoms with Gasteiger partial charge in [-0.3, -0.25) is 24.2 Å². The van der Waals surface area contributed by atoms with Crippen molar-refractivity contribution in [2.45, 2.75) is 25.3 Å². The molecule has 2 aromatic carbocycles. The first-order valence-electron chi connectivity index (χ1n) is 9.26. The Kier molecular flexibility index (Phi) is 4.87. The molecule has 1 aromatic heterocycles. The first-order chi connectivity index (χ1) is 14.2. The zero-order valence-corrected chi connectivity index (χ0v) is 17.2. The van der Waals surface area contributed by atoms with Crippen molar-refractivity contribution >= 4 is 27.5 Å². The number of hydrogen-bond donors (Lipinski definition) is 1. The third-order valence-corrected chi connectivity index (χ3v) is 6.18. The molecule has 30 heavy (non-hydrogen) atoms. The van der Waals surface area contributed by atoms with Crippen LogP contribution in [0.4, 0.5) is 5.69 Å². The number of anilines is 1. The lowest BCUT2D eigenvalue weighted by Crippen LogP contribution is -2.29. The van der Waals surface area contributed by atoms with Crippen LogP contribution in [0, 0.1) is 13.8 Å². The van der Waals surface area contributed by atoms with Crippen molar-refractivity contribution in [3.05, 3.63) is 88.7 Å². The molecule has 1 N–H and O–H groups in total. The zero-order valence-electron chi connectivity index (χ0n) is 16.4. The number of rotatable bonds is 5. The Morgan fingerprint density at radius 2 is 1.60 bits per heavy atom. The minimum atomic E-state index is -3.76. The second kappa shape index (κ2) is 7.38. The number of amides is 2. The van der Waals surface area contributed by atoms with Gasteiger partial charge in [-0.15, -0.1) is 0 Å². The number of imide groups is 1.